The normalized spacial score (nSPS) is 35.7. The number of aliphatic hydroxyl groups excluding tert-OH is 2. The number of nitrogens with one attached hydrogen (secondary N) is 1. The van der Waals surface area contributed by atoms with Crippen LogP contribution in [0.3, 0.4) is 0 Å². The maximum atomic E-state index is 13.4. The first-order chi connectivity index (χ1) is 16.9. The zero-order chi connectivity index (χ0) is 24.5. The van der Waals surface area contributed by atoms with Crippen LogP contribution in [0, 0.1) is 23.7 Å². The van der Waals surface area contributed by atoms with Crippen LogP contribution in [-0.4, -0.2) is 70.2 Å². The highest BCUT2D eigenvalue weighted by molar-refractivity contribution is 6.06. The van der Waals surface area contributed by atoms with Crippen LogP contribution in [0.4, 0.5) is 4.79 Å². The molecule has 1 aromatic carbocycles. The molecule has 2 aliphatic heterocycles. The summed E-state index contributed by atoms with van der Waals surface area (Å²) in [5.41, 5.74) is 3.72. The van der Waals surface area contributed by atoms with Crippen LogP contribution in [0.1, 0.15) is 37.7 Å². The molecule has 2 saturated heterocycles. The van der Waals surface area contributed by atoms with Gasteiger partial charge in [-0.3, -0.25) is 14.5 Å². The van der Waals surface area contributed by atoms with Gasteiger partial charge in [0.2, 0.25) is 11.8 Å². The fraction of sp³-hybridized carbons (Fsp3) is 0.600. The molecule has 10 heteroatoms. The molecular formula is C25H31N3O7. The molecule has 0 unspecified atom stereocenters. The number of likely N-dealkylation sites (tertiary alicyclic amines) is 1. The maximum absolute atomic E-state index is 13.4. The van der Waals surface area contributed by atoms with Crippen molar-refractivity contribution < 1.29 is 34.1 Å². The van der Waals surface area contributed by atoms with Crippen molar-refractivity contribution in [3.63, 3.8) is 0 Å². The molecule has 5 rings (SSSR count). The number of aliphatic hydroxyl groups is 2. The van der Waals surface area contributed by atoms with Crippen molar-refractivity contribution >= 4 is 23.6 Å². The third-order valence-corrected chi connectivity index (χ3v) is 7.78. The Labute approximate surface area is 203 Å². The van der Waals surface area contributed by atoms with Crippen LogP contribution in [0.15, 0.2) is 35.4 Å². The molecular weight excluding hydrogens is 454 g/mol. The quantitative estimate of drug-likeness (QED) is 0.421. The highest BCUT2D eigenvalue weighted by Crippen LogP contribution is 2.49. The van der Waals surface area contributed by atoms with Crippen LogP contribution < -0.4 is 5.43 Å². The first-order valence-corrected chi connectivity index (χ1v) is 12.3. The Morgan fingerprint density at radius 1 is 1.11 bits per heavy atom. The van der Waals surface area contributed by atoms with Gasteiger partial charge in [0.15, 0.2) is 0 Å². The Morgan fingerprint density at radius 2 is 1.89 bits per heavy atom. The van der Waals surface area contributed by atoms with Crippen LogP contribution >= 0.6 is 0 Å². The summed E-state index contributed by atoms with van der Waals surface area (Å²) in [6, 6.07) is 9.23. The third-order valence-electron chi connectivity index (χ3n) is 7.78. The number of hydrogen-bond acceptors (Lipinski definition) is 8. The topological polar surface area (TPSA) is 138 Å². The molecule has 3 N–H and O–H groups in total. The smallest absolute Gasteiger partial charge is 0.428 e. The van der Waals surface area contributed by atoms with Crippen molar-refractivity contribution in [3.8, 4) is 0 Å². The summed E-state index contributed by atoms with van der Waals surface area (Å²) in [6.07, 6.45) is -0.387. The van der Waals surface area contributed by atoms with Gasteiger partial charge in [-0.15, -0.1) is 0 Å². The van der Waals surface area contributed by atoms with E-state index in [0.717, 1.165) is 18.4 Å². The molecule has 3 amide bonds. The van der Waals surface area contributed by atoms with E-state index in [4.69, 9.17) is 9.47 Å². The highest BCUT2D eigenvalue weighted by atomic mass is 16.6. The van der Waals surface area contributed by atoms with Crippen molar-refractivity contribution in [2.45, 2.75) is 57.0 Å². The Morgan fingerprint density at radius 3 is 2.63 bits per heavy atom. The fourth-order valence-corrected chi connectivity index (χ4v) is 6.11. The average Bonchev–Trinajstić information content (AvgIpc) is 3.47. The second kappa shape index (κ2) is 10.0. The minimum absolute atomic E-state index is 0.0699. The number of benzene rings is 1. The number of carbonyl (C=O) groups excluding carboxylic acids is 3. The molecule has 10 nitrogen and oxygen atoms in total. The maximum Gasteiger partial charge on any atom is 0.428 e. The second-order valence-corrected chi connectivity index (χ2v) is 9.85. The Bertz CT molecular complexity index is 994. The van der Waals surface area contributed by atoms with Gasteiger partial charge in [0.05, 0.1) is 36.7 Å². The summed E-state index contributed by atoms with van der Waals surface area (Å²) in [6.45, 7) is 0.951. The molecule has 188 valence electrons. The lowest BCUT2D eigenvalue weighted by atomic mass is 9.60. The van der Waals surface area contributed by atoms with Gasteiger partial charge in [0, 0.05) is 30.6 Å². The summed E-state index contributed by atoms with van der Waals surface area (Å²) in [7, 11) is 0. The monoisotopic (exact) mass is 485 g/mol. The number of rotatable bonds is 5. The molecule has 0 spiro atoms. The number of amides is 3. The van der Waals surface area contributed by atoms with Crippen molar-refractivity contribution in [3.05, 3.63) is 35.9 Å². The predicted molar refractivity (Wildman–Crippen MR) is 123 cm³/mol. The minimum atomic E-state index is -1.16. The van der Waals surface area contributed by atoms with E-state index < -0.39 is 36.1 Å². The van der Waals surface area contributed by atoms with Crippen molar-refractivity contribution in [2.75, 3.05) is 13.2 Å². The number of fused-ring (bicyclic) bond motifs is 3. The molecule has 4 aliphatic rings. The molecule has 35 heavy (non-hydrogen) atoms. The first-order valence-electron chi connectivity index (χ1n) is 12.3. The molecule has 4 fully saturated rings. The van der Waals surface area contributed by atoms with Gasteiger partial charge >= 0.3 is 6.09 Å². The van der Waals surface area contributed by atoms with Gasteiger partial charge in [0.25, 0.3) is 0 Å². The van der Waals surface area contributed by atoms with Gasteiger partial charge in [0.1, 0.15) is 6.61 Å². The Kier molecular flexibility index (Phi) is 6.86. The van der Waals surface area contributed by atoms with Crippen molar-refractivity contribution in [2.24, 2.45) is 28.8 Å². The summed E-state index contributed by atoms with van der Waals surface area (Å²) in [5.74, 6) is -2.75. The Hall–Kier alpha value is -2.82. The van der Waals surface area contributed by atoms with Crippen molar-refractivity contribution in [1.29, 1.82) is 0 Å². The standard InChI is InChI=1S/C25H31N3O7/c29-19-11-18(26-27-25(33)35-13-14-5-2-1-3-6-14)16-8-9-17-21(20(16)22(19)30)24(32)28(23(17)31)12-15-7-4-10-34-15/h1-3,5-6,15-17,19-22,29-30H,4,7-13H2,(H,27,33)/t15-,16-,17+,19+,20+,21+,22-/m0/s1. The molecule has 7 atom stereocenters. The number of ether oxygens (including phenoxy) is 2. The van der Waals surface area contributed by atoms with Gasteiger partial charge in [-0.2, -0.15) is 5.10 Å². The molecule has 0 aromatic heterocycles. The second-order valence-electron chi connectivity index (χ2n) is 9.85. The molecule has 1 aromatic rings. The van der Waals surface area contributed by atoms with Crippen LogP contribution in [-0.2, 0) is 25.7 Å². The zero-order valence-electron chi connectivity index (χ0n) is 19.4. The first kappa shape index (κ1) is 23.9. The van der Waals surface area contributed by atoms with Crippen LogP contribution in [0.2, 0.25) is 0 Å². The van der Waals surface area contributed by atoms with E-state index in [2.05, 4.69) is 10.5 Å². The average molecular weight is 486 g/mol. The minimum Gasteiger partial charge on any atom is -0.443 e. The van der Waals surface area contributed by atoms with Gasteiger partial charge < -0.3 is 19.7 Å². The van der Waals surface area contributed by atoms with Gasteiger partial charge in [-0.05, 0) is 31.2 Å². The number of nitrogens with zero attached hydrogens (tertiary/aromatic N) is 2. The van der Waals surface area contributed by atoms with Crippen molar-refractivity contribution in [1.82, 2.24) is 10.3 Å². The number of carbonyl (C=O) groups is 3. The molecule has 2 saturated carbocycles. The zero-order valence-corrected chi connectivity index (χ0v) is 19.4. The summed E-state index contributed by atoms with van der Waals surface area (Å²) in [5, 5.41) is 25.7. The number of hydrogen-bond donors (Lipinski definition) is 3. The lowest BCUT2D eigenvalue weighted by Gasteiger charge is -2.45. The fourth-order valence-electron chi connectivity index (χ4n) is 6.11. The molecule has 0 radical (unpaired) electrons. The largest absolute Gasteiger partial charge is 0.443 e. The highest BCUT2D eigenvalue weighted by Gasteiger charge is 2.59. The molecule has 0 bridgehead atoms. The van der Waals surface area contributed by atoms with E-state index in [1.807, 2.05) is 30.3 Å². The summed E-state index contributed by atoms with van der Waals surface area (Å²) in [4.78, 5) is 39.9. The van der Waals surface area contributed by atoms with E-state index in [0.29, 0.717) is 25.2 Å². The van der Waals surface area contributed by atoms with E-state index in [1.54, 1.807) is 0 Å². The predicted octanol–water partition coefficient (Wildman–Crippen LogP) is 1.20. The lowest BCUT2D eigenvalue weighted by Crippen LogP contribution is -2.55. The van der Waals surface area contributed by atoms with E-state index in [-0.39, 0.29) is 43.4 Å². The van der Waals surface area contributed by atoms with Crippen LogP contribution in [0.5, 0.6) is 0 Å². The number of imide groups is 1. The summed E-state index contributed by atoms with van der Waals surface area (Å²) < 4.78 is 10.8. The van der Waals surface area contributed by atoms with Gasteiger partial charge in [-0.25, -0.2) is 10.2 Å². The Balaban J connectivity index is 1.29. The number of hydrazone groups is 1. The van der Waals surface area contributed by atoms with E-state index in [1.165, 1.54) is 4.90 Å². The SMILES string of the molecule is O=C(NN=C1C[C@@H](O)[C@H](O)[C@H]2[C@@H]3C(=O)N(C[C@@H]4CCCO4)C(=O)[C@@H]3CC[C@@H]12)OCc1ccccc1. The summed E-state index contributed by atoms with van der Waals surface area (Å²) >= 11 is 0. The third kappa shape index (κ3) is 4.70. The van der Waals surface area contributed by atoms with Crippen LogP contribution in [0.25, 0.3) is 0 Å². The lowest BCUT2D eigenvalue weighted by molar-refractivity contribution is -0.143. The van der Waals surface area contributed by atoms with E-state index in [9.17, 15) is 24.6 Å². The van der Waals surface area contributed by atoms with E-state index >= 15 is 0 Å². The molecule has 2 heterocycles. The van der Waals surface area contributed by atoms with Gasteiger partial charge in [-0.1, -0.05) is 30.3 Å². The molecule has 2 aliphatic carbocycles.